The Kier molecular flexibility index (Phi) is 4.60. The third kappa shape index (κ3) is 3.42. The van der Waals surface area contributed by atoms with Crippen LogP contribution >= 0.6 is 11.3 Å². The Labute approximate surface area is 147 Å². The first kappa shape index (κ1) is 17.5. The van der Waals surface area contributed by atoms with Gasteiger partial charge in [0.2, 0.25) is 0 Å². The summed E-state index contributed by atoms with van der Waals surface area (Å²) in [6.45, 7) is 2.82. The van der Waals surface area contributed by atoms with E-state index in [9.17, 15) is 18.0 Å². The molecule has 0 aliphatic heterocycles. The van der Waals surface area contributed by atoms with Gasteiger partial charge in [-0.05, 0) is 42.1 Å². The van der Waals surface area contributed by atoms with Crippen molar-refractivity contribution in [1.82, 2.24) is 9.47 Å². The van der Waals surface area contributed by atoms with Crippen LogP contribution in [0.3, 0.4) is 0 Å². The van der Waals surface area contributed by atoms with Gasteiger partial charge in [-0.15, -0.1) is 11.3 Å². The second-order valence-electron chi connectivity index (χ2n) is 5.80. The molecule has 132 valence electrons. The minimum atomic E-state index is -4.35. The Bertz CT molecular complexity index is 893. The van der Waals surface area contributed by atoms with E-state index in [1.807, 2.05) is 29.0 Å². The van der Waals surface area contributed by atoms with Gasteiger partial charge >= 0.3 is 6.18 Å². The van der Waals surface area contributed by atoms with E-state index in [0.717, 1.165) is 22.3 Å². The topological polar surface area (TPSA) is 25.2 Å². The van der Waals surface area contributed by atoms with Crippen LogP contribution in [-0.2, 0) is 12.7 Å². The van der Waals surface area contributed by atoms with E-state index in [2.05, 4.69) is 0 Å². The summed E-state index contributed by atoms with van der Waals surface area (Å²) in [6, 6.07) is 8.83. The highest BCUT2D eigenvalue weighted by molar-refractivity contribution is 7.17. The maximum Gasteiger partial charge on any atom is 0.416 e. The zero-order chi connectivity index (χ0) is 18.2. The van der Waals surface area contributed by atoms with Gasteiger partial charge in [0.1, 0.15) is 5.69 Å². The van der Waals surface area contributed by atoms with Crippen LogP contribution in [0.4, 0.5) is 13.2 Å². The summed E-state index contributed by atoms with van der Waals surface area (Å²) in [6.07, 6.45) is -4.35. The van der Waals surface area contributed by atoms with E-state index in [1.54, 1.807) is 11.9 Å². The Morgan fingerprint density at radius 2 is 1.88 bits per heavy atom. The molecular weight excluding hydrogens is 349 g/mol. The van der Waals surface area contributed by atoms with Gasteiger partial charge in [-0.3, -0.25) is 4.79 Å². The molecule has 0 fully saturated rings. The fourth-order valence-electron chi connectivity index (χ4n) is 2.65. The number of thiophene rings is 1. The molecule has 0 atom stereocenters. The second-order valence-corrected chi connectivity index (χ2v) is 6.75. The van der Waals surface area contributed by atoms with E-state index in [-0.39, 0.29) is 5.91 Å². The van der Waals surface area contributed by atoms with E-state index in [4.69, 9.17) is 0 Å². The molecule has 25 heavy (non-hydrogen) atoms. The largest absolute Gasteiger partial charge is 0.416 e. The maximum atomic E-state index is 12.7. The molecule has 2 heterocycles. The first-order valence-corrected chi connectivity index (χ1v) is 8.67. The van der Waals surface area contributed by atoms with Gasteiger partial charge < -0.3 is 9.47 Å². The van der Waals surface area contributed by atoms with Crippen LogP contribution in [0.2, 0.25) is 0 Å². The first-order chi connectivity index (χ1) is 11.8. The van der Waals surface area contributed by atoms with Gasteiger partial charge in [-0.2, -0.15) is 13.2 Å². The number of carbonyl (C=O) groups excluding carboxylic acids is 1. The summed E-state index contributed by atoms with van der Waals surface area (Å²) in [5.41, 5.74) is 1.50. The number of halogens is 3. The summed E-state index contributed by atoms with van der Waals surface area (Å²) in [4.78, 5) is 14.2. The molecule has 0 aliphatic carbocycles. The Hall–Kier alpha value is -2.28. The lowest BCUT2D eigenvalue weighted by atomic mass is 10.1. The number of carbonyl (C=O) groups is 1. The lowest BCUT2D eigenvalue weighted by Gasteiger charge is -2.17. The molecule has 2 aromatic heterocycles. The average molecular weight is 366 g/mol. The minimum absolute atomic E-state index is 0.0992. The molecule has 0 N–H and O–H groups in total. The van der Waals surface area contributed by atoms with Crippen molar-refractivity contribution in [3.63, 3.8) is 0 Å². The van der Waals surface area contributed by atoms with Crippen LogP contribution in [0.5, 0.6) is 0 Å². The standard InChI is InChI=1S/C18H17F3N2OS/c1-3-22(2)17(24)15-10-16-14(8-9-25-16)23(15)11-12-4-6-13(7-5-12)18(19,20)21/h4-10H,3,11H2,1-2H3. The molecule has 0 spiro atoms. The molecule has 0 saturated carbocycles. The Balaban J connectivity index is 1.97. The minimum Gasteiger partial charge on any atom is -0.341 e. The number of fused-ring (bicyclic) bond motifs is 1. The predicted molar refractivity (Wildman–Crippen MR) is 93.0 cm³/mol. The van der Waals surface area contributed by atoms with Crippen molar-refractivity contribution < 1.29 is 18.0 Å². The normalized spacial score (nSPS) is 11.9. The van der Waals surface area contributed by atoms with Crippen molar-refractivity contribution in [1.29, 1.82) is 0 Å². The van der Waals surface area contributed by atoms with Crippen molar-refractivity contribution in [2.75, 3.05) is 13.6 Å². The summed E-state index contributed by atoms with van der Waals surface area (Å²) in [5, 5.41) is 1.94. The highest BCUT2D eigenvalue weighted by atomic mass is 32.1. The van der Waals surface area contributed by atoms with E-state index in [1.165, 1.54) is 23.5 Å². The van der Waals surface area contributed by atoms with Crippen LogP contribution in [0.25, 0.3) is 10.2 Å². The maximum absolute atomic E-state index is 12.7. The van der Waals surface area contributed by atoms with Crippen LogP contribution in [-0.4, -0.2) is 29.0 Å². The Morgan fingerprint density at radius 1 is 1.20 bits per heavy atom. The number of hydrogen-bond acceptors (Lipinski definition) is 2. The molecule has 3 aromatic rings. The number of aromatic nitrogens is 1. The third-order valence-corrected chi connectivity index (χ3v) is 5.04. The average Bonchev–Trinajstić information content (AvgIpc) is 3.16. The van der Waals surface area contributed by atoms with Gasteiger partial charge in [-0.25, -0.2) is 0 Å². The molecule has 0 radical (unpaired) electrons. The highest BCUT2D eigenvalue weighted by Crippen LogP contribution is 2.30. The van der Waals surface area contributed by atoms with Gasteiger partial charge in [0.15, 0.2) is 0 Å². The summed E-state index contributed by atoms with van der Waals surface area (Å²) in [5.74, 6) is -0.0992. The number of rotatable bonds is 4. The third-order valence-electron chi connectivity index (χ3n) is 4.18. The zero-order valence-electron chi connectivity index (χ0n) is 13.8. The molecule has 0 bridgehead atoms. The van der Waals surface area contributed by atoms with Gasteiger partial charge in [0.05, 0.1) is 15.8 Å². The summed E-state index contributed by atoms with van der Waals surface area (Å²) >= 11 is 1.54. The predicted octanol–water partition coefficient (Wildman–Crippen LogP) is 4.86. The lowest BCUT2D eigenvalue weighted by Crippen LogP contribution is -2.28. The SMILES string of the molecule is CCN(C)C(=O)c1cc2sccc2n1Cc1ccc(C(F)(F)F)cc1. The molecule has 1 aromatic carbocycles. The van der Waals surface area contributed by atoms with Gasteiger partial charge in [0, 0.05) is 20.1 Å². The number of alkyl halides is 3. The fourth-order valence-corrected chi connectivity index (χ4v) is 3.47. The molecule has 0 aliphatic rings. The van der Waals surface area contributed by atoms with Crippen molar-refractivity contribution >= 4 is 27.5 Å². The molecule has 1 amide bonds. The summed E-state index contributed by atoms with van der Waals surface area (Å²) in [7, 11) is 1.73. The quantitative estimate of drug-likeness (QED) is 0.647. The summed E-state index contributed by atoms with van der Waals surface area (Å²) < 4.78 is 41.0. The zero-order valence-corrected chi connectivity index (χ0v) is 14.6. The van der Waals surface area contributed by atoms with Crippen molar-refractivity contribution in [3.8, 4) is 0 Å². The molecule has 7 heteroatoms. The fraction of sp³-hybridized carbons (Fsp3) is 0.278. The lowest BCUT2D eigenvalue weighted by molar-refractivity contribution is -0.137. The molecule has 0 unspecified atom stereocenters. The first-order valence-electron chi connectivity index (χ1n) is 7.79. The number of hydrogen-bond donors (Lipinski definition) is 0. The van der Waals surface area contributed by atoms with Crippen LogP contribution < -0.4 is 0 Å². The second kappa shape index (κ2) is 6.55. The Morgan fingerprint density at radius 3 is 2.48 bits per heavy atom. The number of nitrogens with zero attached hydrogens (tertiary/aromatic N) is 2. The van der Waals surface area contributed by atoms with Crippen LogP contribution in [0, 0.1) is 0 Å². The molecular formula is C18H17F3N2OS. The van der Waals surface area contributed by atoms with E-state index >= 15 is 0 Å². The van der Waals surface area contributed by atoms with E-state index in [0.29, 0.717) is 24.3 Å². The van der Waals surface area contributed by atoms with Gasteiger partial charge in [0.25, 0.3) is 5.91 Å². The number of benzene rings is 1. The molecule has 0 saturated heterocycles. The van der Waals surface area contributed by atoms with E-state index < -0.39 is 11.7 Å². The smallest absolute Gasteiger partial charge is 0.341 e. The van der Waals surface area contributed by atoms with Crippen molar-refractivity contribution in [2.24, 2.45) is 0 Å². The molecule has 3 rings (SSSR count). The highest BCUT2D eigenvalue weighted by Gasteiger charge is 2.30. The van der Waals surface area contributed by atoms with Crippen LogP contribution in [0.15, 0.2) is 41.8 Å². The van der Waals surface area contributed by atoms with Gasteiger partial charge in [-0.1, -0.05) is 12.1 Å². The van der Waals surface area contributed by atoms with Crippen LogP contribution in [0.1, 0.15) is 28.5 Å². The monoisotopic (exact) mass is 366 g/mol. The molecule has 3 nitrogen and oxygen atoms in total. The van der Waals surface area contributed by atoms with Crippen molar-refractivity contribution in [3.05, 3.63) is 58.6 Å². The van der Waals surface area contributed by atoms with Crippen molar-refractivity contribution in [2.45, 2.75) is 19.6 Å². The number of amides is 1.